The number of amidine groups is 1. The van der Waals surface area contributed by atoms with E-state index in [-0.39, 0.29) is 6.02 Å². The standard InChI is InChI=1S/C20H18N4O3/c1-20(2)18(25)17(15-10-13(11-21)8-9-16(15)27-20)24-19(23-12-22)26-14-6-4-3-5-7-14/h3-10,17-18,25H,1-2H3,(H,23,24)/t17-,18+/m0/s1. The van der Waals surface area contributed by atoms with Crippen LogP contribution in [0.3, 0.4) is 0 Å². The van der Waals surface area contributed by atoms with E-state index in [1.54, 1.807) is 62.5 Å². The molecule has 27 heavy (non-hydrogen) atoms. The third kappa shape index (κ3) is 3.84. The summed E-state index contributed by atoms with van der Waals surface area (Å²) in [6.07, 6.45) is 0.711. The number of nitrogens with one attached hydrogen (secondary N) is 1. The molecule has 2 atom stereocenters. The lowest BCUT2D eigenvalue weighted by molar-refractivity contribution is -0.0616. The van der Waals surface area contributed by atoms with E-state index >= 15 is 0 Å². The number of aliphatic hydroxyl groups is 1. The minimum absolute atomic E-state index is 0.0567. The average molecular weight is 362 g/mol. The van der Waals surface area contributed by atoms with Crippen LogP contribution >= 0.6 is 0 Å². The highest BCUT2D eigenvalue weighted by molar-refractivity contribution is 5.78. The average Bonchev–Trinajstić information content (AvgIpc) is 2.66. The van der Waals surface area contributed by atoms with Gasteiger partial charge in [0.2, 0.25) is 6.19 Å². The van der Waals surface area contributed by atoms with Gasteiger partial charge in [0.25, 0.3) is 0 Å². The molecule has 3 rings (SSSR count). The fourth-order valence-electron chi connectivity index (χ4n) is 2.89. The number of nitrogens with zero attached hydrogens (tertiary/aromatic N) is 3. The van der Waals surface area contributed by atoms with E-state index in [1.807, 2.05) is 6.07 Å². The normalized spacial score (nSPS) is 20.4. The monoisotopic (exact) mass is 362 g/mol. The zero-order chi connectivity index (χ0) is 19.4. The maximum absolute atomic E-state index is 10.8. The summed E-state index contributed by atoms with van der Waals surface area (Å²) in [5.74, 6) is 1.03. The molecular formula is C20H18N4O3. The molecule has 0 amide bonds. The van der Waals surface area contributed by atoms with Crippen molar-refractivity contribution in [3.8, 4) is 23.8 Å². The van der Waals surface area contributed by atoms with Crippen molar-refractivity contribution >= 4 is 6.02 Å². The summed E-state index contributed by atoms with van der Waals surface area (Å²) < 4.78 is 11.5. The molecule has 0 bridgehead atoms. The summed E-state index contributed by atoms with van der Waals surface area (Å²) in [6.45, 7) is 3.51. The van der Waals surface area contributed by atoms with Gasteiger partial charge in [0.15, 0.2) is 0 Å². The molecule has 136 valence electrons. The van der Waals surface area contributed by atoms with Gasteiger partial charge in [0, 0.05) is 5.56 Å². The molecule has 1 aliphatic rings. The molecule has 1 aliphatic heterocycles. The molecule has 0 saturated carbocycles. The van der Waals surface area contributed by atoms with Crippen molar-refractivity contribution in [3.63, 3.8) is 0 Å². The zero-order valence-corrected chi connectivity index (χ0v) is 14.9. The summed E-state index contributed by atoms with van der Waals surface area (Å²) >= 11 is 0. The van der Waals surface area contributed by atoms with E-state index in [1.165, 1.54) is 0 Å². The predicted molar refractivity (Wildman–Crippen MR) is 97.9 cm³/mol. The smallest absolute Gasteiger partial charge is 0.306 e. The molecule has 1 heterocycles. The van der Waals surface area contributed by atoms with Crippen LogP contribution in [0.5, 0.6) is 11.5 Å². The highest BCUT2D eigenvalue weighted by Gasteiger charge is 2.43. The molecule has 2 aromatic carbocycles. The van der Waals surface area contributed by atoms with Gasteiger partial charge in [-0.1, -0.05) is 18.2 Å². The van der Waals surface area contributed by atoms with E-state index in [2.05, 4.69) is 16.4 Å². The summed E-state index contributed by atoms with van der Waals surface area (Å²) in [6, 6.07) is 15.2. The Kier molecular flexibility index (Phi) is 4.98. The van der Waals surface area contributed by atoms with Gasteiger partial charge < -0.3 is 19.9 Å². The number of fused-ring (bicyclic) bond motifs is 1. The van der Waals surface area contributed by atoms with Crippen molar-refractivity contribution in [2.75, 3.05) is 0 Å². The van der Waals surface area contributed by atoms with Crippen LogP contribution in [0.2, 0.25) is 0 Å². The van der Waals surface area contributed by atoms with Crippen molar-refractivity contribution in [2.45, 2.75) is 31.6 Å². The van der Waals surface area contributed by atoms with Crippen LogP contribution in [-0.4, -0.2) is 22.8 Å². The molecule has 0 radical (unpaired) electrons. The topological polar surface area (TPSA) is 111 Å². The molecule has 7 nitrogen and oxygen atoms in total. The number of ether oxygens (including phenoxy) is 2. The number of aliphatic hydroxyl groups excluding tert-OH is 1. The molecule has 0 unspecified atom stereocenters. The third-order valence-electron chi connectivity index (χ3n) is 4.26. The number of rotatable bonds is 2. The zero-order valence-electron chi connectivity index (χ0n) is 14.9. The molecular weight excluding hydrogens is 344 g/mol. The van der Waals surface area contributed by atoms with Crippen LogP contribution in [0.1, 0.15) is 31.0 Å². The van der Waals surface area contributed by atoms with E-state index in [9.17, 15) is 10.4 Å². The van der Waals surface area contributed by atoms with Gasteiger partial charge >= 0.3 is 6.02 Å². The van der Waals surface area contributed by atoms with Crippen molar-refractivity contribution in [1.82, 2.24) is 5.32 Å². The van der Waals surface area contributed by atoms with Gasteiger partial charge in [-0.25, -0.2) is 0 Å². The number of benzene rings is 2. The summed E-state index contributed by atoms with van der Waals surface area (Å²) in [5.41, 5.74) is 0.116. The van der Waals surface area contributed by atoms with Crippen LogP contribution < -0.4 is 14.8 Å². The fourth-order valence-corrected chi connectivity index (χ4v) is 2.89. The molecule has 7 heteroatoms. The van der Waals surface area contributed by atoms with Crippen LogP contribution in [0, 0.1) is 22.8 Å². The molecule has 0 spiro atoms. The summed E-state index contributed by atoms with van der Waals surface area (Å²) in [7, 11) is 0. The molecule has 2 N–H and O–H groups in total. The Morgan fingerprint density at radius 3 is 2.63 bits per heavy atom. The van der Waals surface area contributed by atoms with E-state index < -0.39 is 17.7 Å². The Morgan fingerprint density at radius 2 is 1.96 bits per heavy atom. The summed E-state index contributed by atoms with van der Waals surface area (Å²) in [5, 5.41) is 32.0. The molecule has 0 saturated heterocycles. The predicted octanol–water partition coefficient (Wildman–Crippen LogP) is 2.64. The minimum Gasteiger partial charge on any atom is -0.485 e. The Labute approximate surface area is 157 Å². The highest BCUT2D eigenvalue weighted by Crippen LogP contribution is 2.40. The fraction of sp³-hybridized carbons (Fsp3) is 0.250. The minimum atomic E-state index is -0.984. The Hall–Kier alpha value is -3.55. The van der Waals surface area contributed by atoms with Gasteiger partial charge in [0.05, 0.1) is 17.7 Å². The van der Waals surface area contributed by atoms with Gasteiger partial charge in [0.1, 0.15) is 23.2 Å². The highest BCUT2D eigenvalue weighted by atomic mass is 16.5. The van der Waals surface area contributed by atoms with Gasteiger partial charge in [-0.3, -0.25) is 0 Å². The second-order valence-corrected chi connectivity index (χ2v) is 6.57. The number of hydrogen-bond donors (Lipinski definition) is 2. The number of nitriles is 2. The maximum Gasteiger partial charge on any atom is 0.306 e. The van der Waals surface area contributed by atoms with Crippen molar-refractivity contribution in [1.29, 1.82) is 10.5 Å². The SMILES string of the molecule is CC1(C)Oc2ccc(C#N)cc2[C@H](N/C(=N/C#N)Oc2ccccc2)[C@H]1O. The third-order valence-corrected chi connectivity index (χ3v) is 4.26. The van der Waals surface area contributed by atoms with Gasteiger partial charge in [-0.2, -0.15) is 10.5 Å². The van der Waals surface area contributed by atoms with Gasteiger partial charge in [-0.15, -0.1) is 4.99 Å². The van der Waals surface area contributed by atoms with E-state index in [4.69, 9.17) is 14.7 Å². The van der Waals surface area contributed by atoms with Crippen LogP contribution in [0.25, 0.3) is 0 Å². The largest absolute Gasteiger partial charge is 0.485 e. The van der Waals surface area contributed by atoms with Crippen LogP contribution in [-0.2, 0) is 0 Å². The number of aliphatic imine (C=N–C) groups is 1. The van der Waals surface area contributed by atoms with Crippen molar-refractivity contribution < 1.29 is 14.6 Å². The second kappa shape index (κ2) is 7.36. The molecule has 0 aromatic heterocycles. The van der Waals surface area contributed by atoms with Crippen molar-refractivity contribution in [3.05, 3.63) is 59.7 Å². The summed E-state index contributed by atoms with van der Waals surface area (Å²) in [4.78, 5) is 3.68. The first-order valence-electron chi connectivity index (χ1n) is 8.32. The first-order chi connectivity index (χ1) is 12.9. The molecule has 0 aliphatic carbocycles. The lowest BCUT2D eigenvalue weighted by Crippen LogP contribution is -2.54. The van der Waals surface area contributed by atoms with Crippen LogP contribution in [0.4, 0.5) is 0 Å². The lowest BCUT2D eigenvalue weighted by atomic mass is 9.86. The van der Waals surface area contributed by atoms with E-state index in [0.717, 1.165) is 0 Å². The van der Waals surface area contributed by atoms with E-state index in [0.29, 0.717) is 22.6 Å². The maximum atomic E-state index is 10.8. The molecule has 2 aromatic rings. The Morgan fingerprint density at radius 1 is 1.22 bits per heavy atom. The second-order valence-electron chi connectivity index (χ2n) is 6.57. The first-order valence-corrected chi connectivity index (χ1v) is 8.32. The Balaban J connectivity index is 1.97. The lowest BCUT2D eigenvalue weighted by Gasteiger charge is -2.42. The van der Waals surface area contributed by atoms with Crippen LogP contribution in [0.15, 0.2) is 53.5 Å². The Bertz CT molecular complexity index is 942. The first kappa shape index (κ1) is 18.2. The number of para-hydroxylation sites is 1. The molecule has 0 fully saturated rings. The number of hydrogen-bond acceptors (Lipinski definition) is 6. The quantitative estimate of drug-likeness (QED) is 0.483. The van der Waals surface area contributed by atoms with Crippen molar-refractivity contribution in [2.24, 2.45) is 4.99 Å². The van der Waals surface area contributed by atoms with Gasteiger partial charge in [-0.05, 0) is 44.2 Å².